The summed E-state index contributed by atoms with van der Waals surface area (Å²) in [6.45, 7) is 4.52. The van der Waals surface area contributed by atoms with Gasteiger partial charge in [0.05, 0.1) is 13.3 Å². The van der Waals surface area contributed by atoms with E-state index in [0.29, 0.717) is 5.95 Å². The molecule has 7 nitrogen and oxygen atoms in total. The average molecular weight is 395 g/mol. The lowest BCUT2D eigenvalue weighted by Gasteiger charge is -2.36. The summed E-state index contributed by atoms with van der Waals surface area (Å²) < 4.78 is 5.25. The van der Waals surface area contributed by atoms with Gasteiger partial charge in [0.25, 0.3) is 0 Å². The van der Waals surface area contributed by atoms with Gasteiger partial charge in [-0.1, -0.05) is 11.6 Å². The minimum Gasteiger partial charge on any atom is -0.497 e. The second-order valence-electron chi connectivity index (χ2n) is 7.60. The lowest BCUT2D eigenvalue weighted by Crippen LogP contribution is -2.47. The van der Waals surface area contributed by atoms with Gasteiger partial charge in [-0.2, -0.15) is 10.1 Å². The normalized spacial score (nSPS) is 17.1. The number of aromatic nitrogens is 3. The van der Waals surface area contributed by atoms with Crippen LogP contribution >= 0.6 is 0 Å². The molecular formula is C22H30N6O. The molecule has 1 N–H and O–H groups in total. The molecule has 1 saturated heterocycles. The minimum atomic E-state index is 0.710. The second-order valence-corrected chi connectivity index (χ2v) is 7.60. The van der Waals surface area contributed by atoms with E-state index < -0.39 is 0 Å². The Morgan fingerprint density at radius 2 is 1.83 bits per heavy atom. The summed E-state index contributed by atoms with van der Waals surface area (Å²) in [5.74, 6) is 2.40. The second kappa shape index (κ2) is 9.58. The van der Waals surface area contributed by atoms with Crippen LogP contribution in [-0.2, 0) is 0 Å². The molecule has 0 atom stereocenters. The molecule has 0 radical (unpaired) electrons. The Morgan fingerprint density at radius 1 is 1.03 bits per heavy atom. The number of hydrogen-bond acceptors (Lipinski definition) is 7. The van der Waals surface area contributed by atoms with Crippen molar-refractivity contribution < 1.29 is 4.74 Å². The van der Waals surface area contributed by atoms with E-state index >= 15 is 0 Å². The van der Waals surface area contributed by atoms with Gasteiger partial charge in [-0.25, -0.2) is 0 Å². The lowest BCUT2D eigenvalue weighted by atomic mass is 9.97. The molecule has 1 aromatic carbocycles. The Labute approximate surface area is 172 Å². The number of methoxy groups -OCH3 is 1. The van der Waals surface area contributed by atoms with Gasteiger partial charge in [-0.05, 0) is 56.4 Å². The van der Waals surface area contributed by atoms with E-state index in [2.05, 4.69) is 48.5 Å². The standard InChI is InChI=1S/C22H30N6O/c1-29-20-9-7-19(8-10-20)27-13-15-28(16-14-27)22-25-21(17-24-26-22)23-12-11-18-5-3-2-4-6-18/h5,7-10,17H,2-4,6,11-16H2,1H3,(H,23,25,26). The quantitative estimate of drug-likeness (QED) is 0.721. The van der Waals surface area contributed by atoms with Crippen LogP contribution in [0.4, 0.5) is 17.5 Å². The lowest BCUT2D eigenvalue weighted by molar-refractivity contribution is 0.415. The summed E-state index contributed by atoms with van der Waals surface area (Å²) in [6.07, 6.45) is 10.3. The van der Waals surface area contributed by atoms with E-state index in [1.807, 2.05) is 12.1 Å². The van der Waals surface area contributed by atoms with Crippen molar-refractivity contribution >= 4 is 17.5 Å². The smallest absolute Gasteiger partial charge is 0.247 e. The van der Waals surface area contributed by atoms with Gasteiger partial charge in [0.2, 0.25) is 5.95 Å². The zero-order chi connectivity index (χ0) is 19.9. The highest BCUT2D eigenvalue weighted by molar-refractivity contribution is 5.51. The van der Waals surface area contributed by atoms with E-state index in [1.165, 1.54) is 31.4 Å². The van der Waals surface area contributed by atoms with Gasteiger partial charge >= 0.3 is 0 Å². The van der Waals surface area contributed by atoms with Crippen LogP contribution in [0.1, 0.15) is 32.1 Å². The van der Waals surface area contributed by atoms with Crippen LogP contribution in [0.25, 0.3) is 0 Å². The van der Waals surface area contributed by atoms with Crippen molar-refractivity contribution in [1.82, 2.24) is 15.2 Å². The highest BCUT2D eigenvalue weighted by atomic mass is 16.5. The van der Waals surface area contributed by atoms with Crippen molar-refractivity contribution in [3.63, 3.8) is 0 Å². The Balaban J connectivity index is 1.29. The molecule has 2 aliphatic rings. The highest BCUT2D eigenvalue weighted by Gasteiger charge is 2.20. The van der Waals surface area contributed by atoms with Crippen molar-refractivity contribution in [1.29, 1.82) is 0 Å². The summed E-state index contributed by atoms with van der Waals surface area (Å²) in [4.78, 5) is 9.27. The average Bonchev–Trinajstić information content (AvgIpc) is 2.80. The van der Waals surface area contributed by atoms with Crippen LogP contribution < -0.4 is 19.9 Å². The van der Waals surface area contributed by atoms with Gasteiger partial charge in [-0.3, -0.25) is 0 Å². The van der Waals surface area contributed by atoms with Crippen LogP contribution in [0.15, 0.2) is 42.1 Å². The summed E-state index contributed by atoms with van der Waals surface area (Å²) in [5.41, 5.74) is 2.79. The fourth-order valence-corrected chi connectivity index (χ4v) is 3.95. The molecule has 1 aliphatic heterocycles. The Kier molecular flexibility index (Phi) is 6.44. The van der Waals surface area contributed by atoms with Gasteiger partial charge in [0.15, 0.2) is 5.82 Å². The first-order valence-electron chi connectivity index (χ1n) is 10.6. The number of nitrogens with zero attached hydrogens (tertiary/aromatic N) is 5. The molecule has 154 valence electrons. The molecule has 1 aromatic heterocycles. The number of rotatable bonds is 7. The molecule has 0 spiro atoms. The molecule has 0 bridgehead atoms. The van der Waals surface area contributed by atoms with Crippen LogP contribution in [0.2, 0.25) is 0 Å². The Bertz CT molecular complexity index is 814. The monoisotopic (exact) mass is 394 g/mol. The summed E-state index contributed by atoms with van der Waals surface area (Å²) in [5, 5.41) is 11.8. The molecule has 4 rings (SSSR count). The fourth-order valence-electron chi connectivity index (χ4n) is 3.95. The number of piperazine rings is 1. The van der Waals surface area contributed by atoms with Crippen molar-refractivity contribution in [2.45, 2.75) is 32.1 Å². The number of nitrogens with one attached hydrogen (secondary N) is 1. The summed E-state index contributed by atoms with van der Waals surface area (Å²) in [6, 6.07) is 8.23. The minimum absolute atomic E-state index is 0.710. The molecule has 0 unspecified atom stereocenters. The number of hydrogen-bond donors (Lipinski definition) is 1. The van der Waals surface area contributed by atoms with E-state index in [9.17, 15) is 0 Å². The SMILES string of the molecule is COc1ccc(N2CCN(c3nncc(NCCC4=CCCCC4)n3)CC2)cc1. The van der Waals surface area contributed by atoms with Crippen LogP contribution in [-0.4, -0.2) is 55.0 Å². The predicted octanol–water partition coefficient (Wildman–Crippen LogP) is 3.51. The highest BCUT2D eigenvalue weighted by Crippen LogP contribution is 2.22. The van der Waals surface area contributed by atoms with Crippen LogP contribution in [0.5, 0.6) is 5.75 Å². The first-order chi connectivity index (χ1) is 14.3. The van der Waals surface area contributed by atoms with Gasteiger partial charge < -0.3 is 19.9 Å². The maximum atomic E-state index is 5.25. The molecule has 29 heavy (non-hydrogen) atoms. The molecule has 0 saturated carbocycles. The van der Waals surface area contributed by atoms with Crippen LogP contribution in [0, 0.1) is 0 Å². The maximum Gasteiger partial charge on any atom is 0.247 e. The van der Waals surface area contributed by atoms with Crippen molar-refractivity contribution in [3.8, 4) is 5.75 Å². The number of benzene rings is 1. The van der Waals surface area contributed by atoms with Gasteiger partial charge in [0, 0.05) is 38.4 Å². The zero-order valence-electron chi connectivity index (χ0n) is 17.2. The molecular weight excluding hydrogens is 364 g/mol. The van der Waals surface area contributed by atoms with Gasteiger partial charge in [0.1, 0.15) is 5.75 Å². The number of ether oxygens (including phenoxy) is 1. The summed E-state index contributed by atoms with van der Waals surface area (Å²) >= 11 is 0. The largest absolute Gasteiger partial charge is 0.497 e. The zero-order valence-corrected chi connectivity index (χ0v) is 17.2. The van der Waals surface area contributed by atoms with Gasteiger partial charge in [-0.15, -0.1) is 5.10 Å². The van der Waals surface area contributed by atoms with E-state index in [-0.39, 0.29) is 0 Å². The third-order valence-electron chi connectivity index (χ3n) is 5.68. The molecule has 2 aromatic rings. The maximum absolute atomic E-state index is 5.25. The number of allylic oxidation sites excluding steroid dienone is 1. The van der Waals surface area contributed by atoms with Crippen LogP contribution in [0.3, 0.4) is 0 Å². The van der Waals surface area contributed by atoms with E-state index in [4.69, 9.17) is 4.74 Å². The van der Waals surface area contributed by atoms with Crippen molar-refractivity contribution in [2.75, 3.05) is 55.0 Å². The van der Waals surface area contributed by atoms with Crippen molar-refractivity contribution in [2.24, 2.45) is 0 Å². The molecule has 7 heteroatoms. The van der Waals surface area contributed by atoms with Crippen molar-refractivity contribution in [3.05, 3.63) is 42.1 Å². The fraction of sp³-hybridized carbons (Fsp3) is 0.500. The topological polar surface area (TPSA) is 66.4 Å². The molecule has 1 aliphatic carbocycles. The third kappa shape index (κ3) is 5.16. The number of anilines is 3. The first kappa shape index (κ1) is 19.5. The molecule has 2 heterocycles. The molecule has 1 fully saturated rings. The van der Waals surface area contributed by atoms with E-state index in [1.54, 1.807) is 18.9 Å². The first-order valence-corrected chi connectivity index (χ1v) is 10.6. The summed E-state index contributed by atoms with van der Waals surface area (Å²) in [7, 11) is 1.69. The Hall–Kier alpha value is -2.83. The molecule has 0 amide bonds. The Morgan fingerprint density at radius 3 is 2.55 bits per heavy atom. The third-order valence-corrected chi connectivity index (χ3v) is 5.68. The predicted molar refractivity (Wildman–Crippen MR) is 117 cm³/mol. The van der Waals surface area contributed by atoms with E-state index in [0.717, 1.165) is 50.7 Å².